The smallest absolute Gasteiger partial charge is 0.309 e. The number of hydrogen-bond donors (Lipinski definition) is 1. The van der Waals surface area contributed by atoms with Crippen LogP contribution < -0.4 is 0 Å². The Hall–Kier alpha value is -0.570. The van der Waals surface area contributed by atoms with Crippen LogP contribution in [0.5, 0.6) is 0 Å². The van der Waals surface area contributed by atoms with Gasteiger partial charge in [0, 0.05) is 6.61 Å². The molecule has 0 saturated heterocycles. The molecule has 0 aromatic rings. The Balaban J connectivity index is 3.64. The molecular weight excluding hydrogens is 204 g/mol. The lowest BCUT2D eigenvalue weighted by Gasteiger charge is -2.20. The summed E-state index contributed by atoms with van der Waals surface area (Å²) in [6.07, 6.45) is 2.80. The second kappa shape index (κ2) is 6.89. The molecular formula is C13H26O3. The van der Waals surface area contributed by atoms with Gasteiger partial charge in [-0.05, 0) is 46.0 Å². The first-order valence-electron chi connectivity index (χ1n) is 6.10. The highest BCUT2D eigenvalue weighted by Gasteiger charge is 2.26. The van der Waals surface area contributed by atoms with Gasteiger partial charge in [-0.3, -0.25) is 4.79 Å². The van der Waals surface area contributed by atoms with Crippen LogP contribution in [0.2, 0.25) is 0 Å². The molecule has 0 aliphatic carbocycles. The SMILES string of the molecule is CC(C)CC(C)OCCCC(C)(C)C(=O)O. The van der Waals surface area contributed by atoms with Gasteiger partial charge in [0.1, 0.15) is 0 Å². The molecule has 1 N–H and O–H groups in total. The van der Waals surface area contributed by atoms with Crippen LogP contribution >= 0.6 is 0 Å². The highest BCUT2D eigenvalue weighted by Crippen LogP contribution is 2.22. The molecule has 1 atom stereocenters. The summed E-state index contributed by atoms with van der Waals surface area (Å²) in [7, 11) is 0. The third-order valence-electron chi connectivity index (χ3n) is 2.73. The fraction of sp³-hybridized carbons (Fsp3) is 0.923. The van der Waals surface area contributed by atoms with Crippen molar-refractivity contribution in [3.8, 4) is 0 Å². The Morgan fingerprint density at radius 3 is 2.31 bits per heavy atom. The predicted molar refractivity (Wildman–Crippen MR) is 65.5 cm³/mol. The quantitative estimate of drug-likeness (QED) is 0.651. The van der Waals surface area contributed by atoms with E-state index in [0.29, 0.717) is 18.9 Å². The minimum atomic E-state index is -0.734. The van der Waals surface area contributed by atoms with E-state index < -0.39 is 11.4 Å². The zero-order chi connectivity index (χ0) is 12.8. The first kappa shape index (κ1) is 15.4. The van der Waals surface area contributed by atoms with Crippen molar-refractivity contribution >= 4 is 5.97 Å². The molecule has 0 aliphatic heterocycles. The molecule has 3 heteroatoms. The molecule has 0 bridgehead atoms. The summed E-state index contributed by atoms with van der Waals surface area (Å²) >= 11 is 0. The van der Waals surface area contributed by atoms with E-state index in [0.717, 1.165) is 12.8 Å². The van der Waals surface area contributed by atoms with Crippen LogP contribution in [-0.2, 0) is 9.53 Å². The second-order valence-electron chi connectivity index (χ2n) is 5.60. The molecule has 0 rings (SSSR count). The van der Waals surface area contributed by atoms with E-state index in [9.17, 15) is 4.79 Å². The average molecular weight is 230 g/mol. The fourth-order valence-electron chi connectivity index (χ4n) is 1.64. The van der Waals surface area contributed by atoms with Crippen LogP contribution in [0.3, 0.4) is 0 Å². The maximum Gasteiger partial charge on any atom is 0.309 e. The minimum Gasteiger partial charge on any atom is -0.481 e. The molecule has 96 valence electrons. The number of rotatable bonds is 8. The van der Waals surface area contributed by atoms with Gasteiger partial charge < -0.3 is 9.84 Å². The molecule has 0 heterocycles. The first-order valence-corrected chi connectivity index (χ1v) is 6.10. The summed E-state index contributed by atoms with van der Waals surface area (Å²) in [5.41, 5.74) is -0.634. The summed E-state index contributed by atoms with van der Waals surface area (Å²) in [5.74, 6) is -0.0896. The van der Waals surface area contributed by atoms with Gasteiger partial charge in [-0.15, -0.1) is 0 Å². The Morgan fingerprint density at radius 1 is 1.31 bits per heavy atom. The molecule has 0 spiro atoms. The summed E-state index contributed by atoms with van der Waals surface area (Å²) in [6.45, 7) is 10.6. The summed E-state index contributed by atoms with van der Waals surface area (Å²) in [5, 5.41) is 8.93. The molecule has 0 radical (unpaired) electrons. The van der Waals surface area contributed by atoms with Gasteiger partial charge in [0.05, 0.1) is 11.5 Å². The largest absolute Gasteiger partial charge is 0.481 e. The van der Waals surface area contributed by atoms with Gasteiger partial charge in [-0.1, -0.05) is 13.8 Å². The number of carboxylic acid groups (broad SMARTS) is 1. The van der Waals surface area contributed by atoms with Gasteiger partial charge in [0.2, 0.25) is 0 Å². The first-order chi connectivity index (χ1) is 7.25. The molecule has 0 aliphatic rings. The molecule has 16 heavy (non-hydrogen) atoms. The van der Waals surface area contributed by atoms with Crippen LogP contribution in [0.1, 0.15) is 53.9 Å². The highest BCUT2D eigenvalue weighted by atomic mass is 16.5. The zero-order valence-corrected chi connectivity index (χ0v) is 11.2. The molecule has 0 amide bonds. The van der Waals surface area contributed by atoms with E-state index >= 15 is 0 Å². The normalized spacial score (nSPS) is 14.1. The van der Waals surface area contributed by atoms with Gasteiger partial charge >= 0.3 is 5.97 Å². The van der Waals surface area contributed by atoms with Crippen molar-refractivity contribution in [1.29, 1.82) is 0 Å². The van der Waals surface area contributed by atoms with Gasteiger partial charge in [-0.2, -0.15) is 0 Å². The summed E-state index contributed by atoms with van der Waals surface area (Å²) in [4.78, 5) is 10.9. The van der Waals surface area contributed by atoms with E-state index in [1.807, 2.05) is 0 Å². The lowest BCUT2D eigenvalue weighted by molar-refractivity contribution is -0.147. The van der Waals surface area contributed by atoms with Crippen LogP contribution in [0, 0.1) is 11.3 Å². The number of carboxylic acids is 1. The number of ether oxygens (including phenoxy) is 1. The lowest BCUT2D eigenvalue weighted by Crippen LogP contribution is -2.24. The molecule has 0 aromatic carbocycles. The van der Waals surface area contributed by atoms with Crippen molar-refractivity contribution in [3.63, 3.8) is 0 Å². The third kappa shape index (κ3) is 6.83. The topological polar surface area (TPSA) is 46.5 Å². The van der Waals surface area contributed by atoms with Crippen molar-refractivity contribution in [2.24, 2.45) is 11.3 Å². The Bertz CT molecular complexity index is 209. The zero-order valence-electron chi connectivity index (χ0n) is 11.2. The van der Waals surface area contributed by atoms with Crippen molar-refractivity contribution in [3.05, 3.63) is 0 Å². The molecule has 1 unspecified atom stereocenters. The molecule has 0 saturated carbocycles. The van der Waals surface area contributed by atoms with Crippen molar-refractivity contribution in [2.45, 2.75) is 60.0 Å². The van der Waals surface area contributed by atoms with Crippen molar-refractivity contribution in [2.75, 3.05) is 6.61 Å². The molecule has 0 aromatic heterocycles. The van der Waals surface area contributed by atoms with Gasteiger partial charge in [0.15, 0.2) is 0 Å². The lowest BCUT2D eigenvalue weighted by atomic mass is 9.88. The number of aliphatic carboxylic acids is 1. The second-order valence-corrected chi connectivity index (χ2v) is 5.60. The van der Waals surface area contributed by atoms with Crippen molar-refractivity contribution < 1.29 is 14.6 Å². The van der Waals surface area contributed by atoms with Crippen LogP contribution in [0.4, 0.5) is 0 Å². The Kier molecular flexibility index (Phi) is 6.65. The molecule has 3 nitrogen and oxygen atoms in total. The Labute approximate surface area is 99.2 Å². The van der Waals surface area contributed by atoms with E-state index in [4.69, 9.17) is 9.84 Å². The third-order valence-corrected chi connectivity index (χ3v) is 2.73. The van der Waals surface area contributed by atoms with Crippen LogP contribution in [-0.4, -0.2) is 23.8 Å². The van der Waals surface area contributed by atoms with E-state index in [2.05, 4.69) is 20.8 Å². The van der Waals surface area contributed by atoms with Gasteiger partial charge in [-0.25, -0.2) is 0 Å². The highest BCUT2D eigenvalue weighted by molar-refractivity contribution is 5.73. The minimum absolute atomic E-state index is 0.271. The van der Waals surface area contributed by atoms with Crippen molar-refractivity contribution in [1.82, 2.24) is 0 Å². The van der Waals surface area contributed by atoms with Crippen LogP contribution in [0.15, 0.2) is 0 Å². The maximum absolute atomic E-state index is 10.9. The standard InChI is InChI=1S/C13H26O3/c1-10(2)9-11(3)16-8-6-7-13(4,5)12(14)15/h10-11H,6-9H2,1-5H3,(H,14,15). The van der Waals surface area contributed by atoms with Crippen LogP contribution in [0.25, 0.3) is 0 Å². The molecule has 0 fully saturated rings. The predicted octanol–water partition coefficient (Wildman–Crippen LogP) is 3.33. The van der Waals surface area contributed by atoms with E-state index in [-0.39, 0.29) is 6.10 Å². The Morgan fingerprint density at radius 2 is 1.88 bits per heavy atom. The average Bonchev–Trinajstić information content (AvgIpc) is 2.11. The monoisotopic (exact) mass is 230 g/mol. The maximum atomic E-state index is 10.9. The van der Waals surface area contributed by atoms with E-state index in [1.54, 1.807) is 13.8 Å². The van der Waals surface area contributed by atoms with Gasteiger partial charge in [0.25, 0.3) is 0 Å². The number of hydrogen-bond acceptors (Lipinski definition) is 2. The fourth-order valence-corrected chi connectivity index (χ4v) is 1.64. The number of carbonyl (C=O) groups is 1. The summed E-state index contributed by atoms with van der Waals surface area (Å²) in [6, 6.07) is 0. The summed E-state index contributed by atoms with van der Waals surface area (Å²) < 4.78 is 5.64. The van der Waals surface area contributed by atoms with E-state index in [1.165, 1.54) is 0 Å².